The van der Waals surface area contributed by atoms with Crippen molar-refractivity contribution in [2.24, 2.45) is 0 Å². The first kappa shape index (κ1) is 16.6. The van der Waals surface area contributed by atoms with Gasteiger partial charge < -0.3 is 5.32 Å². The molecular weight excluding hydrogens is 299 g/mol. The molecule has 1 aromatic heterocycles. The van der Waals surface area contributed by atoms with Crippen LogP contribution in [0, 0.1) is 5.82 Å². The van der Waals surface area contributed by atoms with E-state index in [0.29, 0.717) is 6.54 Å². The molecular formula is C17H21FN2OS. The summed E-state index contributed by atoms with van der Waals surface area (Å²) in [6.07, 6.45) is 0. The number of amides is 1. The van der Waals surface area contributed by atoms with Crippen LogP contribution in [0.2, 0.25) is 0 Å². The predicted molar refractivity (Wildman–Crippen MR) is 88.3 cm³/mol. The minimum atomic E-state index is -0.249. The Morgan fingerprint density at radius 3 is 2.55 bits per heavy atom. The Bertz CT molecular complexity index is 598. The third-order valence-electron chi connectivity index (χ3n) is 3.75. The number of nitrogens with zero attached hydrogens (tertiary/aromatic N) is 1. The van der Waals surface area contributed by atoms with Gasteiger partial charge in [0.15, 0.2) is 0 Å². The first-order valence-corrected chi connectivity index (χ1v) is 8.14. The minimum Gasteiger partial charge on any atom is -0.348 e. The van der Waals surface area contributed by atoms with Gasteiger partial charge in [-0.1, -0.05) is 18.2 Å². The summed E-state index contributed by atoms with van der Waals surface area (Å²) in [7, 11) is 1.89. The maximum Gasteiger partial charge on any atom is 0.234 e. The molecule has 0 fully saturated rings. The maximum atomic E-state index is 13.0. The molecule has 1 N–H and O–H groups in total. The van der Waals surface area contributed by atoms with Gasteiger partial charge in [0.05, 0.1) is 12.6 Å². The molecule has 22 heavy (non-hydrogen) atoms. The number of nitrogens with one attached hydrogen (secondary N) is 1. The summed E-state index contributed by atoms with van der Waals surface area (Å²) in [4.78, 5) is 15.2. The molecule has 5 heteroatoms. The minimum absolute atomic E-state index is 0.0158. The smallest absolute Gasteiger partial charge is 0.234 e. The fourth-order valence-electron chi connectivity index (χ4n) is 2.26. The Morgan fingerprint density at radius 1 is 1.27 bits per heavy atom. The van der Waals surface area contributed by atoms with Crippen LogP contribution in [0.4, 0.5) is 4.39 Å². The molecule has 0 radical (unpaired) electrons. The van der Waals surface area contributed by atoms with Crippen molar-refractivity contribution >= 4 is 17.2 Å². The SMILES string of the molecule is C[C@H](NC(=O)CN(C)[C@@H](C)c1ccc(F)cc1)c1cccs1. The van der Waals surface area contributed by atoms with Crippen molar-refractivity contribution in [2.75, 3.05) is 13.6 Å². The van der Waals surface area contributed by atoms with E-state index in [4.69, 9.17) is 0 Å². The predicted octanol–water partition coefficient (Wildman–Crippen LogP) is 3.76. The number of halogens is 1. The molecule has 0 aliphatic carbocycles. The molecule has 0 bridgehead atoms. The van der Waals surface area contributed by atoms with E-state index in [1.54, 1.807) is 23.5 Å². The van der Waals surface area contributed by atoms with Crippen LogP contribution < -0.4 is 5.32 Å². The zero-order valence-corrected chi connectivity index (χ0v) is 13.9. The summed E-state index contributed by atoms with van der Waals surface area (Å²) in [5, 5.41) is 5.00. The van der Waals surface area contributed by atoms with Crippen molar-refractivity contribution in [1.82, 2.24) is 10.2 Å². The van der Waals surface area contributed by atoms with E-state index in [9.17, 15) is 9.18 Å². The third-order valence-corrected chi connectivity index (χ3v) is 4.81. The Balaban J connectivity index is 1.89. The lowest BCUT2D eigenvalue weighted by Crippen LogP contribution is -2.37. The van der Waals surface area contributed by atoms with E-state index >= 15 is 0 Å². The summed E-state index contributed by atoms with van der Waals surface area (Å²) in [5.41, 5.74) is 0.989. The number of thiophene rings is 1. The monoisotopic (exact) mass is 320 g/mol. The van der Waals surface area contributed by atoms with Crippen LogP contribution in [-0.4, -0.2) is 24.4 Å². The highest BCUT2D eigenvalue weighted by Gasteiger charge is 2.17. The Kier molecular flexibility index (Phi) is 5.69. The number of benzene rings is 1. The number of likely N-dealkylation sites (N-methyl/N-ethyl adjacent to an activating group) is 1. The lowest BCUT2D eigenvalue weighted by atomic mass is 10.1. The Hall–Kier alpha value is -1.72. The van der Waals surface area contributed by atoms with Crippen LogP contribution in [0.15, 0.2) is 41.8 Å². The lowest BCUT2D eigenvalue weighted by Gasteiger charge is -2.25. The van der Waals surface area contributed by atoms with Gasteiger partial charge in [-0.3, -0.25) is 9.69 Å². The van der Waals surface area contributed by atoms with Crippen molar-refractivity contribution in [3.8, 4) is 0 Å². The number of carbonyl (C=O) groups is 1. The third kappa shape index (κ3) is 4.39. The summed E-state index contributed by atoms with van der Waals surface area (Å²) in [6, 6.07) is 10.4. The van der Waals surface area contributed by atoms with Gasteiger partial charge in [0, 0.05) is 10.9 Å². The van der Waals surface area contributed by atoms with Crippen LogP contribution in [0.5, 0.6) is 0 Å². The van der Waals surface area contributed by atoms with Crippen molar-refractivity contribution < 1.29 is 9.18 Å². The second-order valence-electron chi connectivity index (χ2n) is 5.45. The van der Waals surface area contributed by atoms with Gasteiger partial charge in [0.1, 0.15) is 5.82 Å². The lowest BCUT2D eigenvalue weighted by molar-refractivity contribution is -0.123. The Labute approximate surface area is 134 Å². The van der Waals surface area contributed by atoms with Gasteiger partial charge in [0.2, 0.25) is 5.91 Å². The van der Waals surface area contributed by atoms with Crippen LogP contribution in [0.1, 0.15) is 36.4 Å². The molecule has 2 rings (SSSR count). The largest absolute Gasteiger partial charge is 0.348 e. The van der Waals surface area contributed by atoms with E-state index in [2.05, 4.69) is 5.32 Å². The van der Waals surface area contributed by atoms with Crippen molar-refractivity contribution in [3.05, 3.63) is 58.0 Å². The van der Waals surface area contributed by atoms with Gasteiger partial charge in [-0.05, 0) is 50.0 Å². The average Bonchev–Trinajstić information content (AvgIpc) is 3.01. The molecule has 1 aromatic carbocycles. The molecule has 0 spiro atoms. The molecule has 0 unspecified atom stereocenters. The van der Waals surface area contributed by atoms with E-state index in [1.165, 1.54) is 12.1 Å². The van der Waals surface area contributed by atoms with Gasteiger partial charge in [-0.15, -0.1) is 11.3 Å². The first-order valence-electron chi connectivity index (χ1n) is 7.26. The van der Waals surface area contributed by atoms with E-state index in [-0.39, 0.29) is 23.8 Å². The summed E-state index contributed by atoms with van der Waals surface area (Å²) in [5.74, 6) is -0.265. The van der Waals surface area contributed by atoms with E-state index in [1.807, 2.05) is 43.3 Å². The fraction of sp³-hybridized carbons (Fsp3) is 0.353. The maximum absolute atomic E-state index is 13.0. The average molecular weight is 320 g/mol. The zero-order valence-electron chi connectivity index (χ0n) is 13.0. The normalized spacial score (nSPS) is 13.9. The van der Waals surface area contributed by atoms with E-state index < -0.39 is 0 Å². The second kappa shape index (κ2) is 7.51. The van der Waals surface area contributed by atoms with Gasteiger partial charge >= 0.3 is 0 Å². The molecule has 0 aliphatic rings. The van der Waals surface area contributed by atoms with Crippen molar-refractivity contribution in [2.45, 2.75) is 25.9 Å². The topological polar surface area (TPSA) is 32.3 Å². The summed E-state index contributed by atoms with van der Waals surface area (Å²) < 4.78 is 13.0. The molecule has 2 atom stereocenters. The molecule has 0 saturated carbocycles. The first-order chi connectivity index (χ1) is 10.5. The summed E-state index contributed by atoms with van der Waals surface area (Å²) in [6.45, 7) is 4.28. The summed E-state index contributed by atoms with van der Waals surface area (Å²) >= 11 is 1.63. The van der Waals surface area contributed by atoms with Crippen LogP contribution in [-0.2, 0) is 4.79 Å². The quantitative estimate of drug-likeness (QED) is 0.879. The van der Waals surface area contributed by atoms with Crippen molar-refractivity contribution in [3.63, 3.8) is 0 Å². The fourth-order valence-corrected chi connectivity index (χ4v) is 2.99. The van der Waals surface area contributed by atoms with E-state index in [0.717, 1.165) is 10.4 Å². The molecule has 118 valence electrons. The highest BCUT2D eigenvalue weighted by molar-refractivity contribution is 7.10. The molecule has 0 aliphatic heterocycles. The standard InChI is InChI=1S/C17H21FN2OS/c1-12(16-5-4-10-22-16)19-17(21)11-20(3)13(2)14-6-8-15(18)9-7-14/h4-10,12-13H,11H2,1-3H3,(H,19,21)/t12-,13-/m0/s1. The van der Waals surface area contributed by atoms with Crippen LogP contribution in [0.3, 0.4) is 0 Å². The molecule has 3 nitrogen and oxygen atoms in total. The molecule has 2 aromatic rings. The number of carbonyl (C=O) groups excluding carboxylic acids is 1. The Morgan fingerprint density at radius 2 is 1.95 bits per heavy atom. The van der Waals surface area contributed by atoms with Crippen LogP contribution in [0.25, 0.3) is 0 Å². The molecule has 1 amide bonds. The highest BCUT2D eigenvalue weighted by Crippen LogP contribution is 2.20. The van der Waals surface area contributed by atoms with Gasteiger partial charge in [0.25, 0.3) is 0 Å². The highest BCUT2D eigenvalue weighted by atomic mass is 32.1. The van der Waals surface area contributed by atoms with Gasteiger partial charge in [-0.2, -0.15) is 0 Å². The number of hydrogen-bond donors (Lipinski definition) is 1. The van der Waals surface area contributed by atoms with Crippen molar-refractivity contribution in [1.29, 1.82) is 0 Å². The van der Waals surface area contributed by atoms with Gasteiger partial charge in [-0.25, -0.2) is 4.39 Å². The van der Waals surface area contributed by atoms with Crippen LogP contribution >= 0.6 is 11.3 Å². The zero-order chi connectivity index (χ0) is 16.1. The molecule has 0 saturated heterocycles. The molecule has 1 heterocycles. The second-order valence-corrected chi connectivity index (χ2v) is 6.43. The number of hydrogen-bond acceptors (Lipinski definition) is 3. The number of rotatable bonds is 6.